The maximum atomic E-state index is 8.98. The molecule has 0 radical (unpaired) electrons. The van der Waals surface area contributed by atoms with Gasteiger partial charge in [0.15, 0.2) is 0 Å². The molecule has 0 aromatic carbocycles. The van der Waals surface area contributed by atoms with Gasteiger partial charge in [-0.2, -0.15) is 0 Å². The van der Waals surface area contributed by atoms with E-state index >= 15 is 0 Å². The highest BCUT2D eigenvalue weighted by Crippen LogP contribution is 2.02. The molecule has 0 rings (SSSR count). The minimum Gasteiger partial charge on any atom is -0.390 e. The summed E-state index contributed by atoms with van der Waals surface area (Å²) in [6.45, 7) is 1.95. The third-order valence-corrected chi connectivity index (χ3v) is 1.50. The van der Waals surface area contributed by atoms with Crippen molar-refractivity contribution < 1.29 is 10.2 Å². The van der Waals surface area contributed by atoms with E-state index < -0.39 is 12.2 Å². The largest absolute Gasteiger partial charge is 0.390 e. The Morgan fingerprint density at radius 1 is 1.33 bits per heavy atom. The number of aliphatic hydroxyl groups excluding tert-OH is 2. The number of alkyl halides is 1. The first-order chi connectivity index (χ1) is 4.22. The Morgan fingerprint density at radius 3 is 2.22 bits per heavy atom. The van der Waals surface area contributed by atoms with Gasteiger partial charge in [0.2, 0.25) is 0 Å². The summed E-state index contributed by atoms with van der Waals surface area (Å²) in [5.41, 5.74) is 0. The summed E-state index contributed by atoms with van der Waals surface area (Å²) in [6, 6.07) is 0. The molecule has 0 unspecified atom stereocenters. The zero-order valence-electron chi connectivity index (χ0n) is 5.55. The second-order valence-corrected chi connectivity index (χ2v) is 2.39. The van der Waals surface area contributed by atoms with Crippen LogP contribution < -0.4 is 0 Å². The van der Waals surface area contributed by atoms with Crippen LogP contribution >= 0.6 is 11.6 Å². The van der Waals surface area contributed by atoms with Gasteiger partial charge in [-0.3, -0.25) is 0 Å². The summed E-state index contributed by atoms with van der Waals surface area (Å²) in [7, 11) is 0. The van der Waals surface area contributed by atoms with Gasteiger partial charge in [0.1, 0.15) is 0 Å². The molecular formula is C6H13ClO2. The highest BCUT2D eigenvalue weighted by atomic mass is 35.5. The molecule has 0 heterocycles. The van der Waals surface area contributed by atoms with Gasteiger partial charge >= 0.3 is 0 Å². The number of halogens is 1. The Hall–Kier alpha value is 0.210. The SMILES string of the molecule is CCC[C@@H](O)[C@@H](O)CCl. The van der Waals surface area contributed by atoms with Crippen LogP contribution in [-0.4, -0.2) is 28.3 Å². The summed E-state index contributed by atoms with van der Waals surface area (Å²) in [4.78, 5) is 0. The van der Waals surface area contributed by atoms with E-state index in [0.717, 1.165) is 6.42 Å². The van der Waals surface area contributed by atoms with Crippen LogP contribution in [0.4, 0.5) is 0 Å². The van der Waals surface area contributed by atoms with Crippen molar-refractivity contribution in [2.24, 2.45) is 0 Å². The molecule has 2 N–H and O–H groups in total. The van der Waals surface area contributed by atoms with E-state index in [1.54, 1.807) is 0 Å². The predicted octanol–water partition coefficient (Wildman–Crippen LogP) is 0.747. The second kappa shape index (κ2) is 5.03. The van der Waals surface area contributed by atoms with Crippen LogP contribution in [0.2, 0.25) is 0 Å². The maximum absolute atomic E-state index is 8.98. The van der Waals surface area contributed by atoms with Crippen molar-refractivity contribution in [3.05, 3.63) is 0 Å². The Balaban J connectivity index is 3.32. The second-order valence-electron chi connectivity index (χ2n) is 2.08. The molecule has 56 valence electrons. The van der Waals surface area contributed by atoms with Crippen molar-refractivity contribution >= 4 is 11.6 Å². The van der Waals surface area contributed by atoms with Crippen LogP contribution in [-0.2, 0) is 0 Å². The average Bonchev–Trinajstić information content (AvgIpc) is 1.87. The Bertz CT molecular complexity index is 68.1. The van der Waals surface area contributed by atoms with Gasteiger partial charge < -0.3 is 10.2 Å². The normalized spacial score (nSPS) is 17.3. The van der Waals surface area contributed by atoms with E-state index in [2.05, 4.69) is 0 Å². The summed E-state index contributed by atoms with van der Waals surface area (Å²) in [6.07, 6.45) is 0.0855. The number of hydrogen-bond acceptors (Lipinski definition) is 2. The van der Waals surface area contributed by atoms with Gasteiger partial charge in [0.05, 0.1) is 18.1 Å². The van der Waals surface area contributed by atoms with Gasteiger partial charge in [-0.15, -0.1) is 11.6 Å². The summed E-state index contributed by atoms with van der Waals surface area (Å²) in [5.74, 6) is 0.112. The molecule has 0 aliphatic carbocycles. The molecule has 9 heavy (non-hydrogen) atoms. The lowest BCUT2D eigenvalue weighted by atomic mass is 10.1. The third-order valence-electron chi connectivity index (χ3n) is 1.19. The van der Waals surface area contributed by atoms with Crippen LogP contribution in [0, 0.1) is 0 Å². The van der Waals surface area contributed by atoms with E-state index in [1.165, 1.54) is 0 Å². The van der Waals surface area contributed by atoms with Crippen molar-refractivity contribution in [1.82, 2.24) is 0 Å². The highest BCUT2D eigenvalue weighted by molar-refractivity contribution is 6.18. The third kappa shape index (κ3) is 3.73. The highest BCUT2D eigenvalue weighted by Gasteiger charge is 2.12. The molecule has 0 aliphatic rings. The van der Waals surface area contributed by atoms with Gasteiger partial charge in [-0.05, 0) is 6.42 Å². The van der Waals surface area contributed by atoms with Crippen molar-refractivity contribution in [2.45, 2.75) is 32.0 Å². The molecule has 0 saturated carbocycles. The lowest BCUT2D eigenvalue weighted by Gasteiger charge is -2.13. The maximum Gasteiger partial charge on any atom is 0.0933 e. The van der Waals surface area contributed by atoms with E-state index in [4.69, 9.17) is 21.8 Å². The first-order valence-corrected chi connectivity index (χ1v) is 3.68. The molecular weight excluding hydrogens is 140 g/mol. The fourth-order valence-corrected chi connectivity index (χ4v) is 0.797. The quantitative estimate of drug-likeness (QED) is 0.584. The van der Waals surface area contributed by atoms with Gasteiger partial charge in [-0.1, -0.05) is 13.3 Å². The Labute approximate surface area is 60.5 Å². The van der Waals surface area contributed by atoms with Crippen molar-refractivity contribution in [2.75, 3.05) is 5.88 Å². The van der Waals surface area contributed by atoms with Gasteiger partial charge in [0, 0.05) is 0 Å². The van der Waals surface area contributed by atoms with Crippen molar-refractivity contribution in [1.29, 1.82) is 0 Å². The lowest BCUT2D eigenvalue weighted by molar-refractivity contribution is 0.0279. The molecule has 0 aromatic rings. The first-order valence-electron chi connectivity index (χ1n) is 3.14. The van der Waals surface area contributed by atoms with E-state index in [-0.39, 0.29) is 5.88 Å². The molecule has 0 spiro atoms. The summed E-state index contributed by atoms with van der Waals surface area (Å²) < 4.78 is 0. The van der Waals surface area contributed by atoms with Crippen LogP contribution in [0.3, 0.4) is 0 Å². The average molecular weight is 153 g/mol. The number of hydrogen-bond donors (Lipinski definition) is 2. The van der Waals surface area contributed by atoms with Crippen LogP contribution in [0.25, 0.3) is 0 Å². The van der Waals surface area contributed by atoms with E-state index in [1.807, 2.05) is 6.92 Å². The summed E-state index contributed by atoms with van der Waals surface area (Å²) in [5, 5.41) is 17.9. The minimum atomic E-state index is -0.758. The zero-order valence-corrected chi connectivity index (χ0v) is 6.30. The molecule has 2 nitrogen and oxygen atoms in total. The van der Waals surface area contributed by atoms with E-state index in [9.17, 15) is 0 Å². The van der Waals surface area contributed by atoms with Crippen LogP contribution in [0.15, 0.2) is 0 Å². The monoisotopic (exact) mass is 152 g/mol. The molecule has 0 aliphatic heterocycles. The topological polar surface area (TPSA) is 40.5 Å². The molecule has 0 saturated heterocycles. The predicted molar refractivity (Wildman–Crippen MR) is 37.6 cm³/mol. The minimum absolute atomic E-state index is 0.112. The van der Waals surface area contributed by atoms with Crippen LogP contribution in [0.1, 0.15) is 19.8 Å². The van der Waals surface area contributed by atoms with Crippen LogP contribution in [0.5, 0.6) is 0 Å². The number of aliphatic hydroxyl groups is 2. The lowest BCUT2D eigenvalue weighted by Crippen LogP contribution is -2.26. The molecule has 0 bridgehead atoms. The molecule has 0 aromatic heterocycles. The molecule has 0 amide bonds. The Kier molecular flexibility index (Phi) is 5.15. The summed E-state index contributed by atoms with van der Waals surface area (Å²) >= 11 is 5.27. The molecule has 0 fully saturated rings. The zero-order chi connectivity index (χ0) is 7.28. The molecule has 2 atom stereocenters. The Morgan fingerprint density at radius 2 is 1.89 bits per heavy atom. The number of rotatable bonds is 4. The first kappa shape index (κ1) is 9.21. The standard InChI is InChI=1S/C6H13ClO2/c1-2-3-5(8)6(9)4-7/h5-6,8-9H,2-4H2,1H3/t5-,6+/m1/s1. The van der Waals surface area contributed by atoms with E-state index in [0.29, 0.717) is 6.42 Å². The van der Waals surface area contributed by atoms with Crippen molar-refractivity contribution in [3.63, 3.8) is 0 Å². The van der Waals surface area contributed by atoms with Crippen molar-refractivity contribution in [3.8, 4) is 0 Å². The molecule has 3 heteroatoms. The fraction of sp³-hybridized carbons (Fsp3) is 1.00. The smallest absolute Gasteiger partial charge is 0.0933 e. The van der Waals surface area contributed by atoms with Gasteiger partial charge in [0.25, 0.3) is 0 Å². The van der Waals surface area contributed by atoms with Gasteiger partial charge in [-0.25, -0.2) is 0 Å². The fourth-order valence-electron chi connectivity index (χ4n) is 0.591.